The van der Waals surface area contributed by atoms with Gasteiger partial charge in [0.1, 0.15) is 11.9 Å². The van der Waals surface area contributed by atoms with Crippen molar-refractivity contribution in [3.63, 3.8) is 0 Å². The molecule has 17 heavy (non-hydrogen) atoms. The smallest absolute Gasteiger partial charge is 0.125 e. The van der Waals surface area contributed by atoms with E-state index < -0.39 is 0 Å². The van der Waals surface area contributed by atoms with E-state index in [4.69, 9.17) is 4.74 Å². The Morgan fingerprint density at radius 1 is 1.41 bits per heavy atom. The van der Waals surface area contributed by atoms with Gasteiger partial charge in [-0.05, 0) is 23.8 Å². The largest absolute Gasteiger partial charge is 0.486 e. The van der Waals surface area contributed by atoms with Gasteiger partial charge in [-0.1, -0.05) is 48.5 Å². The van der Waals surface area contributed by atoms with E-state index >= 15 is 0 Å². The first kappa shape index (κ1) is 11.1. The molecular formula is C15H15BrO. The zero-order valence-electron chi connectivity index (χ0n) is 10.0. The summed E-state index contributed by atoms with van der Waals surface area (Å²) in [6.45, 7) is 8.73. The van der Waals surface area contributed by atoms with Crippen molar-refractivity contribution in [1.29, 1.82) is 0 Å². The van der Waals surface area contributed by atoms with Gasteiger partial charge < -0.3 is 4.74 Å². The van der Waals surface area contributed by atoms with Crippen LogP contribution in [0.1, 0.15) is 19.4 Å². The summed E-state index contributed by atoms with van der Waals surface area (Å²) >= 11 is 3.50. The minimum absolute atomic E-state index is 0.00625. The van der Waals surface area contributed by atoms with E-state index in [9.17, 15) is 0 Å². The van der Waals surface area contributed by atoms with Gasteiger partial charge in [0, 0.05) is 21.4 Å². The van der Waals surface area contributed by atoms with Crippen LogP contribution in [0, 0.1) is 5.92 Å². The summed E-state index contributed by atoms with van der Waals surface area (Å²) < 4.78 is 7.11. The normalized spacial score (nSPS) is 34.2. The van der Waals surface area contributed by atoms with Crippen molar-refractivity contribution in [2.45, 2.75) is 25.4 Å². The minimum Gasteiger partial charge on any atom is -0.486 e. The maximum absolute atomic E-state index is 6.05. The Hall–Kier alpha value is -1.02. The Morgan fingerprint density at radius 3 is 2.94 bits per heavy atom. The van der Waals surface area contributed by atoms with Gasteiger partial charge in [0.05, 0.1) is 0 Å². The fourth-order valence-corrected chi connectivity index (χ4v) is 3.24. The predicted octanol–water partition coefficient (Wildman–Crippen LogP) is 4.23. The Kier molecular flexibility index (Phi) is 2.27. The van der Waals surface area contributed by atoms with Crippen LogP contribution in [-0.4, -0.2) is 6.10 Å². The molecule has 1 nitrogen and oxygen atoms in total. The second-order valence-electron chi connectivity index (χ2n) is 5.10. The first-order chi connectivity index (χ1) is 8.03. The number of halogens is 1. The van der Waals surface area contributed by atoms with Crippen LogP contribution in [0.4, 0.5) is 0 Å². The quantitative estimate of drug-likeness (QED) is 0.695. The van der Waals surface area contributed by atoms with Gasteiger partial charge in [-0.25, -0.2) is 0 Å². The fourth-order valence-electron chi connectivity index (χ4n) is 2.90. The van der Waals surface area contributed by atoms with Crippen molar-refractivity contribution in [3.05, 3.63) is 52.5 Å². The molecule has 0 spiro atoms. The summed E-state index contributed by atoms with van der Waals surface area (Å²) in [6.07, 6.45) is 4.39. The van der Waals surface area contributed by atoms with Gasteiger partial charge in [-0.15, -0.1) is 0 Å². The molecule has 0 unspecified atom stereocenters. The highest BCUT2D eigenvalue weighted by Gasteiger charge is 2.47. The summed E-state index contributed by atoms with van der Waals surface area (Å²) in [6, 6.07) is 6.28. The van der Waals surface area contributed by atoms with Crippen LogP contribution in [0.25, 0.3) is 0 Å². The first-order valence-electron chi connectivity index (χ1n) is 5.88. The molecule has 2 bridgehead atoms. The molecule has 2 heteroatoms. The van der Waals surface area contributed by atoms with Crippen molar-refractivity contribution in [3.8, 4) is 5.75 Å². The minimum atomic E-state index is -0.00625. The van der Waals surface area contributed by atoms with Gasteiger partial charge in [-0.2, -0.15) is 0 Å². The number of benzene rings is 1. The van der Waals surface area contributed by atoms with Crippen LogP contribution in [0.2, 0.25) is 0 Å². The van der Waals surface area contributed by atoms with E-state index in [0.29, 0.717) is 5.92 Å². The molecule has 1 aromatic carbocycles. The van der Waals surface area contributed by atoms with Crippen LogP contribution in [0.15, 0.2) is 47.0 Å². The number of rotatable bonds is 0. The predicted molar refractivity (Wildman–Crippen MR) is 73.4 cm³/mol. The highest BCUT2D eigenvalue weighted by Crippen LogP contribution is 2.51. The second kappa shape index (κ2) is 3.49. The van der Waals surface area contributed by atoms with Crippen LogP contribution < -0.4 is 4.74 Å². The molecular weight excluding hydrogens is 276 g/mol. The molecule has 0 saturated heterocycles. The van der Waals surface area contributed by atoms with E-state index in [0.717, 1.165) is 10.2 Å². The van der Waals surface area contributed by atoms with Crippen LogP contribution >= 0.6 is 15.9 Å². The zero-order chi connectivity index (χ0) is 12.2. The average Bonchev–Trinajstić information content (AvgIpc) is 2.29. The SMILES string of the molecule is C=C1C=C[C@@H]2Oc3cc(Br)ccc3[C@@]1(C)[C@@H]2C. The van der Waals surface area contributed by atoms with Crippen LogP contribution in [-0.2, 0) is 5.41 Å². The Labute approximate surface area is 110 Å². The molecule has 3 atom stereocenters. The third-order valence-corrected chi connectivity index (χ3v) is 4.82. The highest BCUT2D eigenvalue weighted by atomic mass is 79.9. The summed E-state index contributed by atoms with van der Waals surface area (Å²) in [5.41, 5.74) is 2.42. The van der Waals surface area contributed by atoms with E-state index in [1.165, 1.54) is 11.1 Å². The molecule has 0 N–H and O–H groups in total. The zero-order valence-corrected chi connectivity index (χ0v) is 11.6. The maximum Gasteiger partial charge on any atom is 0.125 e. The maximum atomic E-state index is 6.05. The lowest BCUT2D eigenvalue weighted by molar-refractivity contribution is 0.109. The molecule has 88 valence electrons. The first-order valence-corrected chi connectivity index (χ1v) is 6.67. The molecule has 1 aliphatic heterocycles. The fraction of sp³-hybridized carbons (Fsp3) is 0.333. The standard InChI is InChI=1S/C15H15BrO/c1-9-4-7-13-10(2)15(9,3)12-6-5-11(16)8-14(12)17-13/h4-8,10,13H,1H2,2-3H3/t10-,13+,15-/m1/s1. The Balaban J connectivity index is 2.27. The van der Waals surface area contributed by atoms with Crippen molar-refractivity contribution >= 4 is 15.9 Å². The van der Waals surface area contributed by atoms with Crippen molar-refractivity contribution in [2.24, 2.45) is 5.92 Å². The molecule has 0 radical (unpaired) electrons. The lowest BCUT2D eigenvalue weighted by Crippen LogP contribution is -2.47. The van der Waals surface area contributed by atoms with Crippen LogP contribution in [0.3, 0.4) is 0 Å². The van der Waals surface area contributed by atoms with Gasteiger partial charge in [0.25, 0.3) is 0 Å². The van der Waals surface area contributed by atoms with Crippen molar-refractivity contribution < 1.29 is 4.74 Å². The topological polar surface area (TPSA) is 9.23 Å². The molecule has 1 aromatic rings. The molecule has 2 aliphatic rings. The van der Waals surface area contributed by atoms with Gasteiger partial charge in [-0.3, -0.25) is 0 Å². The lowest BCUT2D eigenvalue weighted by Gasteiger charge is -2.48. The highest BCUT2D eigenvalue weighted by molar-refractivity contribution is 9.10. The number of ether oxygens (including phenoxy) is 1. The average molecular weight is 291 g/mol. The summed E-state index contributed by atoms with van der Waals surface area (Å²) in [5.74, 6) is 1.41. The Morgan fingerprint density at radius 2 is 2.18 bits per heavy atom. The van der Waals surface area contributed by atoms with Crippen LogP contribution in [0.5, 0.6) is 5.75 Å². The molecule has 1 aliphatic carbocycles. The number of fused-ring (bicyclic) bond motifs is 4. The molecule has 0 fully saturated rings. The second-order valence-corrected chi connectivity index (χ2v) is 6.01. The van der Waals surface area contributed by atoms with Crippen molar-refractivity contribution in [2.75, 3.05) is 0 Å². The monoisotopic (exact) mass is 290 g/mol. The van der Waals surface area contributed by atoms with Gasteiger partial charge in [0.2, 0.25) is 0 Å². The Bertz CT molecular complexity index is 532. The van der Waals surface area contributed by atoms with Crippen molar-refractivity contribution in [1.82, 2.24) is 0 Å². The third-order valence-electron chi connectivity index (χ3n) is 4.32. The number of allylic oxidation sites excluding steroid dienone is 2. The number of hydrogen-bond donors (Lipinski definition) is 0. The third kappa shape index (κ3) is 1.37. The van der Waals surface area contributed by atoms with E-state index in [-0.39, 0.29) is 11.5 Å². The molecule has 0 amide bonds. The van der Waals surface area contributed by atoms with E-state index in [2.05, 4.69) is 66.7 Å². The lowest BCUT2D eigenvalue weighted by atomic mass is 9.62. The number of hydrogen-bond acceptors (Lipinski definition) is 1. The van der Waals surface area contributed by atoms with E-state index in [1.54, 1.807) is 0 Å². The molecule has 0 saturated carbocycles. The van der Waals surface area contributed by atoms with Gasteiger partial charge >= 0.3 is 0 Å². The summed E-state index contributed by atoms with van der Waals surface area (Å²) in [7, 11) is 0. The van der Waals surface area contributed by atoms with Gasteiger partial charge in [0.15, 0.2) is 0 Å². The van der Waals surface area contributed by atoms with E-state index in [1.807, 2.05) is 0 Å². The summed E-state index contributed by atoms with van der Waals surface area (Å²) in [4.78, 5) is 0. The molecule has 0 aromatic heterocycles. The summed E-state index contributed by atoms with van der Waals surface area (Å²) in [5, 5.41) is 0. The molecule has 3 rings (SSSR count). The molecule has 1 heterocycles.